The number of carbonyl (C=O) groups excluding carboxylic acids is 1. The molecule has 13 heteroatoms. The van der Waals surface area contributed by atoms with Crippen LogP contribution in [0.25, 0.3) is 10.9 Å². The van der Waals surface area contributed by atoms with Crippen molar-refractivity contribution in [2.45, 2.75) is 13.0 Å². The summed E-state index contributed by atoms with van der Waals surface area (Å²) in [6, 6.07) is 17.0. The molecule has 6 rings (SSSR count). The van der Waals surface area contributed by atoms with Gasteiger partial charge in [0, 0.05) is 24.8 Å². The van der Waals surface area contributed by atoms with Gasteiger partial charge in [0.05, 0.1) is 56.5 Å². The summed E-state index contributed by atoms with van der Waals surface area (Å²) >= 11 is 0. The number of methoxy groups -OCH3 is 2. The fraction of sp³-hybridized carbons (Fsp3) is 0.312. The maximum atomic E-state index is 14.2. The topological polar surface area (TPSA) is 114 Å². The average Bonchev–Trinajstić information content (AvgIpc) is 3.61. The third-order valence-electron chi connectivity index (χ3n) is 7.88. The number of aliphatic imine (C=N–C) groups is 1. The molecule has 0 saturated carbocycles. The Bertz CT molecular complexity index is 1790. The number of halogens is 1. The van der Waals surface area contributed by atoms with Gasteiger partial charge in [0.25, 0.3) is 11.6 Å². The first kappa shape index (κ1) is 29.7. The fourth-order valence-electron chi connectivity index (χ4n) is 5.60. The van der Waals surface area contributed by atoms with E-state index in [0.717, 1.165) is 0 Å². The van der Waals surface area contributed by atoms with Crippen molar-refractivity contribution in [3.05, 3.63) is 88.7 Å². The summed E-state index contributed by atoms with van der Waals surface area (Å²) in [6.07, 6.45) is 0. The number of hydrogen-bond donors (Lipinski definition) is 1. The van der Waals surface area contributed by atoms with E-state index in [2.05, 4.69) is 15.2 Å². The normalized spacial score (nSPS) is 15.3. The van der Waals surface area contributed by atoms with Crippen LogP contribution in [0.1, 0.15) is 18.8 Å². The van der Waals surface area contributed by atoms with Crippen LogP contribution in [0, 0.1) is 5.82 Å². The molecule has 3 aromatic carbocycles. The SMILES string of the molecule is COc1ccc(N(C(=O)Nc2ccc(F)cc2)C(C)c2nc3ccccc3c(=O)n2N2CCN(C3=NCCO3)CC2)c(OC)c1. The van der Waals surface area contributed by atoms with Crippen LogP contribution in [0.2, 0.25) is 0 Å². The fourth-order valence-corrected chi connectivity index (χ4v) is 5.60. The summed E-state index contributed by atoms with van der Waals surface area (Å²) in [6.45, 7) is 5.18. The van der Waals surface area contributed by atoms with Gasteiger partial charge in [-0.15, -0.1) is 0 Å². The number of hydrogen-bond acceptors (Lipinski definition) is 9. The number of fused-ring (bicyclic) bond motifs is 1. The highest BCUT2D eigenvalue weighted by Crippen LogP contribution is 2.37. The molecule has 0 aliphatic carbocycles. The molecule has 1 N–H and O–H groups in total. The van der Waals surface area contributed by atoms with Crippen LogP contribution in [-0.4, -0.2) is 80.2 Å². The number of anilines is 2. The Kier molecular flexibility index (Phi) is 8.41. The summed E-state index contributed by atoms with van der Waals surface area (Å²) < 4.78 is 32.0. The Balaban J connectivity index is 1.45. The first-order chi connectivity index (χ1) is 21.9. The molecule has 1 aromatic heterocycles. The van der Waals surface area contributed by atoms with E-state index >= 15 is 0 Å². The number of amides is 2. The zero-order valence-electron chi connectivity index (χ0n) is 25.3. The summed E-state index contributed by atoms with van der Waals surface area (Å²) in [7, 11) is 3.04. The number of carbonyl (C=O) groups is 1. The average molecular weight is 616 g/mol. The van der Waals surface area contributed by atoms with Gasteiger partial charge in [0.15, 0.2) is 5.82 Å². The van der Waals surface area contributed by atoms with E-state index in [9.17, 15) is 14.0 Å². The Morgan fingerprint density at radius 1 is 1.02 bits per heavy atom. The van der Waals surface area contributed by atoms with Crippen LogP contribution in [0.5, 0.6) is 11.5 Å². The lowest BCUT2D eigenvalue weighted by Crippen LogP contribution is -2.57. The summed E-state index contributed by atoms with van der Waals surface area (Å²) in [5.74, 6) is 0.840. The van der Waals surface area contributed by atoms with E-state index in [1.165, 1.54) is 36.3 Å². The van der Waals surface area contributed by atoms with Crippen LogP contribution in [0.15, 0.2) is 76.5 Å². The standard InChI is InChI=1S/C32H34FN7O5/c1-21(39(27-13-12-24(43-2)20-28(27)44-3)31(42)35-23-10-8-22(33)9-11-23)29-36-26-7-5-4-6-25(26)30(41)40(29)38-17-15-37(16-18-38)32-34-14-19-45-32/h4-13,20-21H,14-19H2,1-3H3,(H,35,42). The van der Waals surface area contributed by atoms with Gasteiger partial charge in [-0.05, 0) is 55.5 Å². The van der Waals surface area contributed by atoms with Gasteiger partial charge in [-0.1, -0.05) is 12.1 Å². The van der Waals surface area contributed by atoms with E-state index < -0.39 is 17.9 Å². The molecule has 4 aromatic rings. The monoisotopic (exact) mass is 615 g/mol. The second-order valence-corrected chi connectivity index (χ2v) is 10.6. The lowest BCUT2D eigenvalue weighted by Gasteiger charge is -2.39. The lowest BCUT2D eigenvalue weighted by molar-refractivity contribution is 0.243. The van der Waals surface area contributed by atoms with Crippen molar-refractivity contribution in [2.75, 3.05) is 68.8 Å². The van der Waals surface area contributed by atoms with Crippen molar-refractivity contribution in [2.24, 2.45) is 4.99 Å². The number of para-hydroxylation sites is 1. The third kappa shape index (κ3) is 5.93. The van der Waals surface area contributed by atoms with Crippen LogP contribution in [0.4, 0.5) is 20.6 Å². The number of ether oxygens (including phenoxy) is 3. The van der Waals surface area contributed by atoms with E-state index in [0.29, 0.717) is 85.0 Å². The molecule has 0 spiro atoms. The van der Waals surface area contributed by atoms with Crippen molar-refractivity contribution in [1.29, 1.82) is 0 Å². The highest BCUT2D eigenvalue weighted by Gasteiger charge is 2.33. The predicted octanol–water partition coefficient (Wildman–Crippen LogP) is 3.99. The molecule has 234 valence electrons. The van der Waals surface area contributed by atoms with Crippen molar-refractivity contribution >= 4 is 34.3 Å². The van der Waals surface area contributed by atoms with Crippen LogP contribution >= 0.6 is 0 Å². The van der Waals surface area contributed by atoms with E-state index in [1.54, 1.807) is 55.1 Å². The highest BCUT2D eigenvalue weighted by molar-refractivity contribution is 6.03. The van der Waals surface area contributed by atoms with Crippen molar-refractivity contribution in [3.63, 3.8) is 0 Å². The second kappa shape index (κ2) is 12.7. The minimum Gasteiger partial charge on any atom is -0.497 e. The number of nitrogens with zero attached hydrogens (tertiary/aromatic N) is 6. The Hall–Kier alpha value is -5.33. The Labute approximate surface area is 259 Å². The summed E-state index contributed by atoms with van der Waals surface area (Å²) in [5, 5.41) is 5.26. The quantitative estimate of drug-likeness (QED) is 0.332. The molecule has 45 heavy (non-hydrogen) atoms. The number of rotatable bonds is 7. The molecular formula is C32H34FN7O5. The first-order valence-corrected chi connectivity index (χ1v) is 14.6. The van der Waals surface area contributed by atoms with Gasteiger partial charge in [-0.3, -0.25) is 9.69 Å². The minimum atomic E-state index is -0.786. The smallest absolute Gasteiger partial charge is 0.327 e. The molecule has 1 atom stereocenters. The third-order valence-corrected chi connectivity index (χ3v) is 7.88. The zero-order valence-corrected chi connectivity index (χ0v) is 25.3. The first-order valence-electron chi connectivity index (χ1n) is 14.6. The van der Waals surface area contributed by atoms with E-state index in [-0.39, 0.29) is 5.56 Å². The molecular weight excluding hydrogens is 581 g/mol. The molecule has 1 unspecified atom stereocenters. The van der Waals surface area contributed by atoms with Gasteiger partial charge in [-0.25, -0.2) is 23.8 Å². The Morgan fingerprint density at radius 3 is 2.47 bits per heavy atom. The Morgan fingerprint density at radius 2 is 1.78 bits per heavy atom. The summed E-state index contributed by atoms with van der Waals surface area (Å²) in [4.78, 5) is 41.3. The molecule has 1 saturated heterocycles. The maximum Gasteiger partial charge on any atom is 0.327 e. The molecule has 1 fully saturated rings. The molecule has 2 amide bonds. The number of aromatic nitrogens is 2. The lowest BCUT2D eigenvalue weighted by atomic mass is 10.1. The second-order valence-electron chi connectivity index (χ2n) is 10.6. The van der Waals surface area contributed by atoms with Gasteiger partial charge in [0.1, 0.15) is 23.9 Å². The van der Waals surface area contributed by atoms with Crippen LogP contribution in [0.3, 0.4) is 0 Å². The molecule has 3 heterocycles. The van der Waals surface area contributed by atoms with Crippen molar-refractivity contribution in [1.82, 2.24) is 14.6 Å². The van der Waals surface area contributed by atoms with Gasteiger partial charge < -0.3 is 29.4 Å². The largest absolute Gasteiger partial charge is 0.497 e. The van der Waals surface area contributed by atoms with Crippen LogP contribution in [-0.2, 0) is 4.74 Å². The summed E-state index contributed by atoms with van der Waals surface area (Å²) in [5.41, 5.74) is 1.07. The molecule has 2 aliphatic rings. The van der Waals surface area contributed by atoms with Crippen LogP contribution < -0.4 is 30.3 Å². The molecule has 0 radical (unpaired) electrons. The maximum absolute atomic E-state index is 14.2. The predicted molar refractivity (Wildman–Crippen MR) is 170 cm³/mol. The van der Waals surface area contributed by atoms with E-state index in [1.807, 2.05) is 11.1 Å². The zero-order chi connectivity index (χ0) is 31.5. The highest BCUT2D eigenvalue weighted by atomic mass is 19.1. The van der Waals surface area contributed by atoms with Crippen molar-refractivity contribution < 1.29 is 23.4 Å². The molecule has 0 bridgehead atoms. The van der Waals surface area contributed by atoms with Gasteiger partial charge in [-0.2, -0.15) is 0 Å². The molecule has 2 aliphatic heterocycles. The number of nitrogens with one attached hydrogen (secondary N) is 1. The van der Waals surface area contributed by atoms with E-state index in [4.69, 9.17) is 19.2 Å². The van der Waals surface area contributed by atoms with Gasteiger partial charge >= 0.3 is 6.03 Å². The van der Waals surface area contributed by atoms with Crippen molar-refractivity contribution in [3.8, 4) is 11.5 Å². The number of amidine groups is 1. The molecule has 12 nitrogen and oxygen atoms in total. The van der Waals surface area contributed by atoms with Gasteiger partial charge in [0.2, 0.25) is 0 Å². The minimum absolute atomic E-state index is 0.244. The number of urea groups is 1. The number of benzene rings is 3. The number of piperazine rings is 1.